The number of ether oxygens (including phenoxy) is 2. The highest BCUT2D eigenvalue weighted by molar-refractivity contribution is 5.80. The van der Waals surface area contributed by atoms with E-state index in [1.54, 1.807) is 5.56 Å². The molecule has 3 aliphatic rings. The van der Waals surface area contributed by atoms with Crippen LogP contribution in [0.4, 0.5) is 0 Å². The van der Waals surface area contributed by atoms with Gasteiger partial charge >= 0.3 is 0 Å². The molecule has 29 heavy (non-hydrogen) atoms. The van der Waals surface area contributed by atoms with Crippen LogP contribution in [-0.4, -0.2) is 20.8 Å². The maximum atomic E-state index is 5.72. The van der Waals surface area contributed by atoms with Crippen LogP contribution in [0.3, 0.4) is 0 Å². The van der Waals surface area contributed by atoms with Crippen LogP contribution >= 0.6 is 0 Å². The van der Waals surface area contributed by atoms with Crippen LogP contribution < -0.4 is 0 Å². The lowest BCUT2D eigenvalue weighted by molar-refractivity contribution is 0.183. The second kappa shape index (κ2) is 8.24. The molecule has 0 spiro atoms. The molecule has 0 saturated heterocycles. The molecule has 2 aromatic rings. The summed E-state index contributed by atoms with van der Waals surface area (Å²) in [5.41, 5.74) is 10.3. The predicted octanol–water partition coefficient (Wildman–Crippen LogP) is 6.91. The number of hydrogen-bond donors (Lipinski definition) is 0. The number of methoxy groups -OCH3 is 2. The maximum Gasteiger partial charge on any atom is 0.0716 e. The van der Waals surface area contributed by atoms with E-state index in [4.69, 9.17) is 9.47 Å². The third-order valence-corrected chi connectivity index (χ3v) is 7.68. The summed E-state index contributed by atoms with van der Waals surface area (Å²) in [4.78, 5) is 0. The standard InChI is InChI=1S/C27H34O2/c1-28-16-21-14-24-22-12-11-20(18-7-3-4-8-18)13-25(22)27(17-29-2)26(24)15-23(21)19-9-5-6-10-19/h11-15,18-19,27H,3-10,16-17H2,1-2H3. The van der Waals surface area contributed by atoms with Crippen molar-refractivity contribution in [2.24, 2.45) is 0 Å². The predicted molar refractivity (Wildman–Crippen MR) is 119 cm³/mol. The van der Waals surface area contributed by atoms with Crippen molar-refractivity contribution in [1.29, 1.82) is 0 Å². The molecule has 2 aromatic carbocycles. The van der Waals surface area contributed by atoms with Crippen molar-refractivity contribution < 1.29 is 9.47 Å². The Morgan fingerprint density at radius 1 is 0.724 bits per heavy atom. The van der Waals surface area contributed by atoms with Crippen molar-refractivity contribution in [2.75, 3.05) is 20.8 Å². The first-order chi connectivity index (χ1) is 14.3. The van der Waals surface area contributed by atoms with E-state index >= 15 is 0 Å². The summed E-state index contributed by atoms with van der Waals surface area (Å²) < 4.78 is 11.3. The SMILES string of the molecule is COCc1cc2c(cc1C1CCCC1)C(COC)c1cc(C3CCCC3)ccc1-2. The molecule has 0 N–H and O–H groups in total. The minimum Gasteiger partial charge on any atom is -0.384 e. The van der Waals surface area contributed by atoms with Crippen LogP contribution in [0.25, 0.3) is 11.1 Å². The molecule has 2 nitrogen and oxygen atoms in total. The first-order valence-corrected chi connectivity index (χ1v) is 11.6. The van der Waals surface area contributed by atoms with Gasteiger partial charge in [-0.25, -0.2) is 0 Å². The molecule has 2 saturated carbocycles. The lowest BCUT2D eigenvalue weighted by atomic mass is 9.87. The van der Waals surface area contributed by atoms with E-state index in [-0.39, 0.29) is 0 Å². The molecule has 2 heteroatoms. The van der Waals surface area contributed by atoms with Crippen LogP contribution in [-0.2, 0) is 16.1 Å². The van der Waals surface area contributed by atoms with Gasteiger partial charge in [0.2, 0.25) is 0 Å². The van der Waals surface area contributed by atoms with Gasteiger partial charge in [-0.15, -0.1) is 0 Å². The molecular weight excluding hydrogens is 356 g/mol. The Bertz CT molecular complexity index is 872. The maximum absolute atomic E-state index is 5.72. The van der Waals surface area contributed by atoms with Crippen LogP contribution in [0.5, 0.6) is 0 Å². The highest BCUT2D eigenvalue weighted by Gasteiger charge is 2.32. The Hall–Kier alpha value is -1.64. The fourth-order valence-corrected chi connectivity index (χ4v) is 6.24. The van der Waals surface area contributed by atoms with Crippen LogP contribution in [0.1, 0.15) is 96.9 Å². The Kier molecular flexibility index (Phi) is 5.49. The summed E-state index contributed by atoms with van der Waals surface area (Å²) in [5.74, 6) is 1.82. The Morgan fingerprint density at radius 2 is 1.41 bits per heavy atom. The van der Waals surface area contributed by atoms with Gasteiger partial charge < -0.3 is 9.47 Å². The summed E-state index contributed by atoms with van der Waals surface area (Å²) in [7, 11) is 3.66. The summed E-state index contributed by atoms with van der Waals surface area (Å²) in [5, 5.41) is 0. The molecule has 5 rings (SSSR count). The van der Waals surface area contributed by atoms with E-state index in [1.807, 2.05) is 14.2 Å². The quantitative estimate of drug-likeness (QED) is 0.534. The largest absolute Gasteiger partial charge is 0.384 e. The Labute approximate surface area is 175 Å². The fraction of sp³-hybridized carbons (Fsp3) is 0.556. The van der Waals surface area contributed by atoms with Crippen molar-refractivity contribution in [1.82, 2.24) is 0 Å². The highest BCUT2D eigenvalue weighted by Crippen LogP contribution is 2.49. The Morgan fingerprint density at radius 3 is 2.10 bits per heavy atom. The molecular formula is C27H34O2. The van der Waals surface area contributed by atoms with Crippen molar-refractivity contribution >= 4 is 0 Å². The Balaban J connectivity index is 1.60. The fourth-order valence-electron chi connectivity index (χ4n) is 6.24. The number of fused-ring (bicyclic) bond motifs is 3. The molecule has 0 bridgehead atoms. The highest BCUT2D eigenvalue weighted by atomic mass is 16.5. The van der Waals surface area contributed by atoms with Gasteiger partial charge in [0.15, 0.2) is 0 Å². The van der Waals surface area contributed by atoms with E-state index in [0.29, 0.717) is 18.4 Å². The van der Waals surface area contributed by atoms with Gasteiger partial charge in [0.1, 0.15) is 0 Å². The van der Waals surface area contributed by atoms with Gasteiger partial charge in [0, 0.05) is 20.1 Å². The molecule has 1 unspecified atom stereocenters. The zero-order valence-corrected chi connectivity index (χ0v) is 18.0. The summed E-state index contributed by atoms with van der Waals surface area (Å²) in [6.45, 7) is 1.48. The van der Waals surface area contributed by atoms with Crippen LogP contribution in [0.15, 0.2) is 30.3 Å². The van der Waals surface area contributed by atoms with Crippen LogP contribution in [0, 0.1) is 0 Å². The molecule has 154 valence electrons. The van der Waals surface area contributed by atoms with E-state index in [0.717, 1.165) is 12.5 Å². The third kappa shape index (κ3) is 3.45. The van der Waals surface area contributed by atoms with Gasteiger partial charge in [0.25, 0.3) is 0 Å². The molecule has 0 aliphatic heterocycles. The molecule has 3 aliphatic carbocycles. The second-order valence-electron chi connectivity index (χ2n) is 9.39. The average Bonchev–Trinajstić information content (AvgIpc) is 3.49. The zero-order valence-electron chi connectivity index (χ0n) is 18.0. The van der Waals surface area contributed by atoms with Gasteiger partial charge in [-0.1, -0.05) is 49.9 Å². The first kappa shape index (κ1) is 19.3. The van der Waals surface area contributed by atoms with Crippen molar-refractivity contribution in [3.8, 4) is 11.1 Å². The second-order valence-corrected chi connectivity index (χ2v) is 9.39. The lowest BCUT2D eigenvalue weighted by Crippen LogP contribution is -2.08. The van der Waals surface area contributed by atoms with Crippen LogP contribution in [0.2, 0.25) is 0 Å². The summed E-state index contributed by atoms with van der Waals surface area (Å²) in [6.07, 6.45) is 10.8. The molecule has 0 amide bonds. The smallest absolute Gasteiger partial charge is 0.0716 e. The minimum absolute atomic E-state index is 0.364. The monoisotopic (exact) mass is 390 g/mol. The molecule has 1 atom stereocenters. The minimum atomic E-state index is 0.364. The summed E-state index contributed by atoms with van der Waals surface area (Å²) >= 11 is 0. The molecule has 0 radical (unpaired) electrons. The first-order valence-electron chi connectivity index (χ1n) is 11.6. The van der Waals surface area contributed by atoms with Gasteiger partial charge in [-0.05, 0) is 82.5 Å². The van der Waals surface area contributed by atoms with Crippen molar-refractivity contribution in [2.45, 2.75) is 75.7 Å². The topological polar surface area (TPSA) is 18.5 Å². The third-order valence-electron chi connectivity index (χ3n) is 7.68. The van der Waals surface area contributed by atoms with E-state index in [1.165, 1.54) is 84.7 Å². The van der Waals surface area contributed by atoms with E-state index in [2.05, 4.69) is 30.3 Å². The molecule has 2 fully saturated rings. The number of benzene rings is 2. The van der Waals surface area contributed by atoms with Crippen molar-refractivity contribution in [3.05, 3.63) is 58.1 Å². The van der Waals surface area contributed by atoms with Gasteiger partial charge in [-0.3, -0.25) is 0 Å². The van der Waals surface area contributed by atoms with Gasteiger partial charge in [0.05, 0.1) is 13.2 Å². The average molecular weight is 391 g/mol. The normalized spacial score (nSPS) is 21.7. The van der Waals surface area contributed by atoms with E-state index in [9.17, 15) is 0 Å². The molecule has 0 heterocycles. The van der Waals surface area contributed by atoms with Gasteiger partial charge in [-0.2, -0.15) is 0 Å². The number of rotatable bonds is 6. The molecule has 0 aromatic heterocycles. The lowest BCUT2D eigenvalue weighted by Gasteiger charge is -2.20. The van der Waals surface area contributed by atoms with Crippen molar-refractivity contribution in [3.63, 3.8) is 0 Å². The van der Waals surface area contributed by atoms with E-state index < -0.39 is 0 Å². The number of hydrogen-bond acceptors (Lipinski definition) is 2. The summed E-state index contributed by atoms with van der Waals surface area (Å²) in [6, 6.07) is 12.3. The zero-order chi connectivity index (χ0) is 19.8.